The van der Waals surface area contributed by atoms with Gasteiger partial charge in [-0.3, -0.25) is 9.59 Å². The van der Waals surface area contributed by atoms with Gasteiger partial charge in [0, 0.05) is 11.4 Å². The lowest BCUT2D eigenvalue weighted by molar-refractivity contribution is -0.138. The van der Waals surface area contributed by atoms with Gasteiger partial charge >= 0.3 is 12.4 Å². The van der Waals surface area contributed by atoms with E-state index in [0.29, 0.717) is 22.1 Å². The van der Waals surface area contributed by atoms with E-state index < -0.39 is 35.3 Å². The summed E-state index contributed by atoms with van der Waals surface area (Å²) in [5, 5.41) is 6.71. The Hall–Kier alpha value is -5.12. The average molecular weight is 607 g/mol. The van der Waals surface area contributed by atoms with Crippen molar-refractivity contribution >= 4 is 34.0 Å². The summed E-state index contributed by atoms with van der Waals surface area (Å²) in [7, 11) is 0. The van der Waals surface area contributed by atoms with Gasteiger partial charge in [-0.2, -0.15) is 26.3 Å². The molecule has 5 aromatic carbocycles. The van der Waals surface area contributed by atoms with Gasteiger partial charge in [-0.15, -0.1) is 0 Å². The predicted molar refractivity (Wildman–Crippen MR) is 157 cm³/mol. The van der Waals surface area contributed by atoms with Crippen LogP contribution in [0.3, 0.4) is 0 Å². The first-order valence-corrected chi connectivity index (χ1v) is 13.4. The second-order valence-electron chi connectivity index (χ2n) is 10.1. The van der Waals surface area contributed by atoms with Gasteiger partial charge in [-0.25, -0.2) is 0 Å². The smallest absolute Gasteiger partial charge is 0.326 e. The highest BCUT2D eigenvalue weighted by Crippen LogP contribution is 2.36. The molecule has 0 saturated carbocycles. The number of halogens is 6. The second kappa shape index (κ2) is 11.9. The number of anilines is 2. The van der Waals surface area contributed by atoms with Crippen LogP contribution >= 0.6 is 0 Å². The van der Waals surface area contributed by atoms with Crippen molar-refractivity contribution in [3.63, 3.8) is 0 Å². The van der Waals surface area contributed by atoms with Crippen LogP contribution < -0.4 is 10.6 Å². The van der Waals surface area contributed by atoms with Crippen LogP contribution in [0.5, 0.6) is 0 Å². The number of hydrogen-bond acceptors (Lipinski definition) is 2. The van der Waals surface area contributed by atoms with Crippen molar-refractivity contribution in [2.45, 2.75) is 25.7 Å². The molecule has 0 aromatic heterocycles. The largest absolute Gasteiger partial charge is 0.416 e. The van der Waals surface area contributed by atoms with Gasteiger partial charge in [0.25, 0.3) is 5.91 Å². The van der Waals surface area contributed by atoms with Crippen molar-refractivity contribution in [3.05, 3.63) is 131 Å². The molecule has 0 atom stereocenters. The van der Waals surface area contributed by atoms with Crippen molar-refractivity contribution in [2.75, 3.05) is 10.6 Å². The molecule has 0 bridgehead atoms. The van der Waals surface area contributed by atoms with Crippen LogP contribution in [0.25, 0.3) is 21.9 Å². The summed E-state index contributed by atoms with van der Waals surface area (Å²) < 4.78 is 77.9. The van der Waals surface area contributed by atoms with Crippen molar-refractivity contribution in [2.24, 2.45) is 0 Å². The minimum absolute atomic E-state index is 0.150. The van der Waals surface area contributed by atoms with Gasteiger partial charge in [0.2, 0.25) is 5.91 Å². The first kappa shape index (κ1) is 30.3. The zero-order valence-electron chi connectivity index (χ0n) is 23.1. The molecule has 0 radical (unpaired) electrons. The Morgan fingerprint density at radius 3 is 1.68 bits per heavy atom. The van der Waals surface area contributed by atoms with Gasteiger partial charge in [-0.1, -0.05) is 48.5 Å². The topological polar surface area (TPSA) is 58.2 Å². The Bertz CT molecular complexity index is 1840. The molecular formula is C34H24F6N2O2. The summed E-state index contributed by atoms with van der Waals surface area (Å²) in [6, 6.07) is 24.2. The van der Waals surface area contributed by atoms with E-state index in [-0.39, 0.29) is 23.4 Å². The number of amides is 2. The number of rotatable bonds is 6. The number of hydrogen-bond donors (Lipinski definition) is 2. The Labute approximate surface area is 248 Å². The average Bonchev–Trinajstić information content (AvgIpc) is 2.97. The molecule has 4 nitrogen and oxygen atoms in total. The lowest BCUT2D eigenvalue weighted by atomic mass is 9.88. The minimum Gasteiger partial charge on any atom is -0.326 e. The number of benzene rings is 5. The fourth-order valence-corrected chi connectivity index (χ4v) is 5.01. The maximum atomic E-state index is 13.8. The molecule has 44 heavy (non-hydrogen) atoms. The summed E-state index contributed by atoms with van der Waals surface area (Å²) in [5.74, 6) is -1.04. The van der Waals surface area contributed by atoms with E-state index in [1.54, 1.807) is 36.4 Å². The lowest BCUT2D eigenvalue weighted by Gasteiger charge is -2.18. The Kier molecular flexibility index (Phi) is 8.19. The number of nitrogens with one attached hydrogen (secondary N) is 2. The number of carbonyl (C=O) groups excluding carboxylic acids is 2. The maximum absolute atomic E-state index is 13.8. The highest BCUT2D eigenvalue weighted by Gasteiger charge is 2.31. The Morgan fingerprint density at radius 1 is 0.614 bits per heavy atom. The summed E-state index contributed by atoms with van der Waals surface area (Å²) in [6.45, 7) is 1.88. The molecule has 224 valence electrons. The third kappa shape index (κ3) is 6.59. The highest BCUT2D eigenvalue weighted by atomic mass is 19.4. The number of carbonyl (C=O) groups is 2. The van der Waals surface area contributed by atoms with Crippen molar-refractivity contribution in [1.29, 1.82) is 0 Å². The van der Waals surface area contributed by atoms with Crippen LogP contribution in [0, 0.1) is 6.92 Å². The van der Waals surface area contributed by atoms with Gasteiger partial charge in [-0.05, 0) is 94.5 Å². The van der Waals surface area contributed by atoms with E-state index in [0.717, 1.165) is 35.2 Å². The first-order chi connectivity index (χ1) is 20.8. The standard InChI is InChI=1S/C34H24F6N2O2/c1-20-18-29(27-8-3-2-6-21(27)19-30(43)41-24-14-10-22(11-15-24)33(35,36)37)31(28-9-5-4-7-26(20)28)32(44)42-25-16-12-23(13-17-25)34(38,39)40/h2-18H,19H2,1H3,(H,41,43)(H,42,44). The zero-order chi connectivity index (χ0) is 31.6. The Morgan fingerprint density at radius 2 is 1.11 bits per heavy atom. The molecule has 2 amide bonds. The highest BCUT2D eigenvalue weighted by molar-refractivity contribution is 6.18. The lowest BCUT2D eigenvalue weighted by Crippen LogP contribution is -2.17. The van der Waals surface area contributed by atoms with E-state index in [4.69, 9.17) is 0 Å². The monoisotopic (exact) mass is 606 g/mol. The first-order valence-electron chi connectivity index (χ1n) is 13.4. The van der Waals surface area contributed by atoms with Crippen LogP contribution in [0.15, 0.2) is 103 Å². The second-order valence-corrected chi connectivity index (χ2v) is 10.1. The third-order valence-corrected chi connectivity index (χ3v) is 7.10. The minimum atomic E-state index is -4.52. The van der Waals surface area contributed by atoms with Gasteiger partial charge in [0.05, 0.1) is 23.1 Å². The van der Waals surface area contributed by atoms with E-state index in [2.05, 4.69) is 10.6 Å². The van der Waals surface area contributed by atoms with Crippen molar-refractivity contribution in [1.82, 2.24) is 0 Å². The molecular weight excluding hydrogens is 582 g/mol. The van der Waals surface area contributed by atoms with Crippen LogP contribution in [0.4, 0.5) is 37.7 Å². The maximum Gasteiger partial charge on any atom is 0.416 e. The fraction of sp³-hybridized carbons (Fsp3) is 0.118. The molecule has 0 fully saturated rings. The molecule has 10 heteroatoms. The molecule has 5 aromatic rings. The number of fused-ring (bicyclic) bond motifs is 1. The van der Waals surface area contributed by atoms with Crippen molar-refractivity contribution < 1.29 is 35.9 Å². The molecule has 0 aliphatic heterocycles. The summed E-state index contributed by atoms with van der Waals surface area (Å²) in [4.78, 5) is 26.8. The van der Waals surface area contributed by atoms with Gasteiger partial charge in [0.15, 0.2) is 0 Å². The quantitative estimate of drug-likeness (QED) is 0.189. The van der Waals surface area contributed by atoms with Crippen LogP contribution in [-0.4, -0.2) is 11.8 Å². The summed E-state index contributed by atoms with van der Waals surface area (Å²) in [6.07, 6.45) is -9.18. The number of aryl methyl sites for hydroxylation is 1. The normalized spacial score (nSPS) is 11.8. The van der Waals surface area contributed by atoms with Crippen LogP contribution in [0.1, 0.15) is 32.6 Å². The molecule has 0 aliphatic carbocycles. The molecule has 0 heterocycles. The van der Waals surface area contributed by atoms with E-state index >= 15 is 0 Å². The molecule has 0 spiro atoms. The fourth-order valence-electron chi connectivity index (χ4n) is 5.01. The molecule has 0 unspecified atom stereocenters. The van der Waals surface area contributed by atoms with Gasteiger partial charge in [0.1, 0.15) is 0 Å². The van der Waals surface area contributed by atoms with Crippen LogP contribution in [-0.2, 0) is 23.6 Å². The van der Waals surface area contributed by atoms with E-state index in [1.807, 2.05) is 25.1 Å². The third-order valence-electron chi connectivity index (χ3n) is 7.10. The van der Waals surface area contributed by atoms with E-state index in [1.165, 1.54) is 24.3 Å². The molecule has 0 aliphatic rings. The molecule has 2 N–H and O–H groups in total. The molecule has 5 rings (SSSR count). The molecule has 0 saturated heterocycles. The van der Waals surface area contributed by atoms with Crippen molar-refractivity contribution in [3.8, 4) is 11.1 Å². The van der Waals surface area contributed by atoms with Gasteiger partial charge < -0.3 is 10.6 Å². The number of alkyl halides is 6. The predicted octanol–water partition coefficient (Wildman–Crippen LogP) is 9.29. The summed E-state index contributed by atoms with van der Waals surface area (Å²) in [5.41, 5.74) is 1.42. The summed E-state index contributed by atoms with van der Waals surface area (Å²) >= 11 is 0. The van der Waals surface area contributed by atoms with E-state index in [9.17, 15) is 35.9 Å². The zero-order valence-corrected chi connectivity index (χ0v) is 23.1. The van der Waals surface area contributed by atoms with Crippen LogP contribution in [0.2, 0.25) is 0 Å². The Balaban J connectivity index is 1.50. The SMILES string of the molecule is Cc1cc(-c2ccccc2CC(=O)Nc2ccc(C(F)(F)F)cc2)c(C(=O)Nc2ccc(C(F)(F)F)cc2)c2ccccc12.